The van der Waals surface area contributed by atoms with Crippen molar-refractivity contribution < 1.29 is 10.0 Å². The van der Waals surface area contributed by atoms with Crippen LogP contribution in [0.5, 0.6) is 0 Å². The predicted octanol–water partition coefficient (Wildman–Crippen LogP) is 3.70. The van der Waals surface area contributed by atoms with E-state index in [-0.39, 0.29) is 5.59 Å². The van der Waals surface area contributed by atoms with Gasteiger partial charge in [-0.3, -0.25) is 24.3 Å². The first-order chi connectivity index (χ1) is 24.1. The van der Waals surface area contributed by atoms with Crippen molar-refractivity contribution in [3.05, 3.63) is 115 Å². The van der Waals surface area contributed by atoms with Crippen molar-refractivity contribution in [3.8, 4) is 33.9 Å². The Morgan fingerprint density at radius 1 is 0.640 bits per heavy atom. The van der Waals surface area contributed by atoms with E-state index in [1.807, 2.05) is 73.9 Å². The van der Waals surface area contributed by atoms with E-state index in [0.717, 1.165) is 44.3 Å². The van der Waals surface area contributed by atoms with Gasteiger partial charge in [0, 0.05) is 60.8 Å². The fourth-order valence-corrected chi connectivity index (χ4v) is 5.18. The number of nitrogens with zero attached hydrogens (tertiary/aromatic N) is 10. The molecule has 0 saturated carbocycles. The lowest BCUT2D eigenvalue weighted by Crippen LogP contribution is -2.31. The van der Waals surface area contributed by atoms with Crippen LogP contribution in [0.2, 0.25) is 5.15 Å². The maximum absolute atomic E-state index is 8.52. The number of hydrogen-bond acceptors (Lipinski definition) is 12. The van der Waals surface area contributed by atoms with Crippen molar-refractivity contribution in [2.75, 3.05) is 11.5 Å². The maximum Gasteiger partial charge on any atom is 0.510 e. The molecule has 0 spiro atoms. The molecule has 0 fully saturated rings. The number of aromatic nitrogens is 10. The summed E-state index contributed by atoms with van der Waals surface area (Å²) in [5.41, 5.74) is 18.1. The van der Waals surface area contributed by atoms with Gasteiger partial charge in [0.1, 0.15) is 28.7 Å². The standard InChI is InChI=1S/C17H14N6.C13H9ClN4.C4H7BN2O2/c1-23-8-6-14(22-23)17-16(20-10-15(18)21-17)12-4-5-13-11(9-12)3-2-7-19-13;14-13-12(17-7-11(15)18-13)9-3-4-10-8(6-9)2-1-5-16-10;1-7-3-2-4(6-7)5(8)9/h2-10H,1H3,(H2,18,21);1-7H,(H2,15,18);2-3,8-9H,1H3. The molecular weight excluding hydrogens is 655 g/mol. The van der Waals surface area contributed by atoms with Gasteiger partial charge < -0.3 is 21.5 Å². The summed E-state index contributed by atoms with van der Waals surface area (Å²) in [4.78, 5) is 25.7. The molecule has 8 rings (SSSR count). The minimum atomic E-state index is -1.45. The van der Waals surface area contributed by atoms with Gasteiger partial charge in [0.05, 0.1) is 34.7 Å². The van der Waals surface area contributed by atoms with Crippen LogP contribution in [0.25, 0.3) is 55.7 Å². The van der Waals surface area contributed by atoms with Crippen molar-refractivity contribution in [1.82, 2.24) is 49.5 Å². The van der Waals surface area contributed by atoms with Crippen molar-refractivity contribution >= 4 is 57.8 Å². The number of anilines is 2. The number of rotatable bonds is 4. The molecule has 6 heterocycles. The Kier molecular flexibility index (Phi) is 9.99. The van der Waals surface area contributed by atoms with Crippen molar-refractivity contribution in [2.24, 2.45) is 14.1 Å². The highest BCUT2D eigenvalue weighted by Gasteiger charge is 2.15. The summed E-state index contributed by atoms with van der Waals surface area (Å²) in [6.07, 6.45) is 10.1. The van der Waals surface area contributed by atoms with E-state index in [1.165, 1.54) is 10.9 Å². The van der Waals surface area contributed by atoms with Crippen LogP contribution in [0.3, 0.4) is 0 Å². The highest BCUT2D eigenvalue weighted by Crippen LogP contribution is 2.30. The number of fused-ring (bicyclic) bond motifs is 2. The van der Waals surface area contributed by atoms with Gasteiger partial charge in [-0.25, -0.2) is 15.0 Å². The molecule has 6 N–H and O–H groups in total. The van der Waals surface area contributed by atoms with Crippen LogP contribution < -0.4 is 17.1 Å². The number of aryl methyl sites for hydroxylation is 2. The van der Waals surface area contributed by atoms with Crippen LogP contribution in [0.1, 0.15) is 0 Å². The molecule has 0 aliphatic carbocycles. The van der Waals surface area contributed by atoms with Crippen molar-refractivity contribution in [1.29, 1.82) is 0 Å². The summed E-state index contributed by atoms with van der Waals surface area (Å²) in [6, 6.07) is 23.1. The highest BCUT2D eigenvalue weighted by atomic mass is 35.5. The van der Waals surface area contributed by atoms with Gasteiger partial charge in [0.2, 0.25) is 0 Å². The fourth-order valence-electron chi connectivity index (χ4n) is 4.92. The third-order valence-corrected chi connectivity index (χ3v) is 7.51. The minimum Gasteiger partial charge on any atom is -0.422 e. The second-order valence-corrected chi connectivity index (χ2v) is 11.3. The molecule has 248 valence electrons. The van der Waals surface area contributed by atoms with E-state index < -0.39 is 7.12 Å². The molecule has 0 amide bonds. The van der Waals surface area contributed by atoms with E-state index in [2.05, 4.69) is 46.2 Å². The Balaban J connectivity index is 0.000000142. The summed E-state index contributed by atoms with van der Waals surface area (Å²) in [5.74, 6) is 0.683. The SMILES string of the molecule is Cn1ccc(-c2nc(N)cnc2-c2ccc3ncccc3c2)n1.Cn1ccc(B(O)O)n1.Nc1cnc(-c2ccc3ncccc3c2)c(Cl)n1. The molecule has 8 aromatic rings. The molecular formula is C34H30BClN12O2. The maximum atomic E-state index is 8.52. The molecule has 0 atom stereocenters. The summed E-state index contributed by atoms with van der Waals surface area (Å²) >= 11 is 6.05. The number of hydrogen-bond donors (Lipinski definition) is 4. The van der Waals surface area contributed by atoms with Crippen LogP contribution >= 0.6 is 11.6 Å². The average Bonchev–Trinajstić information content (AvgIpc) is 3.76. The molecule has 2 aromatic carbocycles. The number of nitrogen functional groups attached to an aromatic ring is 2. The second-order valence-electron chi connectivity index (χ2n) is 10.9. The first kappa shape index (κ1) is 33.6. The molecule has 0 unspecified atom stereocenters. The zero-order valence-corrected chi connectivity index (χ0v) is 27.6. The monoisotopic (exact) mass is 684 g/mol. The van der Waals surface area contributed by atoms with Gasteiger partial charge in [-0.15, -0.1) is 0 Å². The van der Waals surface area contributed by atoms with Gasteiger partial charge in [0.25, 0.3) is 0 Å². The molecule has 14 nitrogen and oxygen atoms in total. The minimum absolute atomic E-state index is 0.275. The van der Waals surface area contributed by atoms with Crippen LogP contribution in [0.4, 0.5) is 11.6 Å². The number of halogens is 1. The normalized spacial score (nSPS) is 10.7. The molecule has 0 aliphatic rings. The largest absolute Gasteiger partial charge is 0.510 e. The lowest BCUT2D eigenvalue weighted by atomic mass is 9.87. The van der Waals surface area contributed by atoms with Gasteiger partial charge in [0.15, 0.2) is 5.15 Å². The lowest BCUT2D eigenvalue weighted by molar-refractivity contribution is 0.423. The topological polar surface area (TPSA) is 205 Å². The van der Waals surface area contributed by atoms with E-state index in [9.17, 15) is 0 Å². The summed E-state index contributed by atoms with van der Waals surface area (Å²) in [7, 11) is 2.13. The third-order valence-electron chi connectivity index (χ3n) is 7.25. The van der Waals surface area contributed by atoms with Crippen molar-refractivity contribution in [2.45, 2.75) is 0 Å². The first-order valence-corrected chi connectivity index (χ1v) is 15.5. The van der Waals surface area contributed by atoms with E-state index >= 15 is 0 Å². The van der Waals surface area contributed by atoms with Gasteiger partial charge >= 0.3 is 7.12 Å². The zero-order valence-electron chi connectivity index (χ0n) is 26.9. The van der Waals surface area contributed by atoms with E-state index in [4.69, 9.17) is 33.1 Å². The third kappa shape index (κ3) is 7.87. The Morgan fingerprint density at radius 3 is 1.72 bits per heavy atom. The molecule has 0 saturated heterocycles. The molecule has 0 aliphatic heterocycles. The Hall–Kier alpha value is -6.29. The van der Waals surface area contributed by atoms with E-state index in [0.29, 0.717) is 28.2 Å². The Morgan fingerprint density at radius 2 is 1.20 bits per heavy atom. The lowest BCUT2D eigenvalue weighted by Gasteiger charge is -2.08. The molecule has 6 aromatic heterocycles. The van der Waals surface area contributed by atoms with Crippen molar-refractivity contribution in [3.63, 3.8) is 0 Å². The van der Waals surface area contributed by atoms with Gasteiger partial charge in [-0.1, -0.05) is 35.9 Å². The van der Waals surface area contributed by atoms with Gasteiger partial charge in [-0.2, -0.15) is 10.2 Å². The van der Waals surface area contributed by atoms with Crippen LogP contribution in [0, 0.1) is 0 Å². The highest BCUT2D eigenvalue weighted by molar-refractivity contribution is 6.57. The summed E-state index contributed by atoms with van der Waals surface area (Å²) in [5, 5.41) is 27.6. The van der Waals surface area contributed by atoms with Crippen LogP contribution in [-0.2, 0) is 14.1 Å². The van der Waals surface area contributed by atoms with Gasteiger partial charge in [-0.05, 0) is 48.5 Å². The predicted molar refractivity (Wildman–Crippen MR) is 195 cm³/mol. The summed E-state index contributed by atoms with van der Waals surface area (Å²) < 4.78 is 3.24. The fraction of sp³-hybridized carbons (Fsp3) is 0.0588. The molecule has 0 bridgehead atoms. The Bertz CT molecular complexity index is 2420. The van der Waals surface area contributed by atoms with Crippen LogP contribution in [-0.4, -0.2) is 66.6 Å². The quantitative estimate of drug-likeness (QED) is 0.196. The first-order valence-electron chi connectivity index (χ1n) is 15.1. The molecule has 16 heteroatoms. The van der Waals surface area contributed by atoms with Crippen LogP contribution in [0.15, 0.2) is 110 Å². The Labute approximate surface area is 291 Å². The second kappa shape index (κ2) is 14.9. The number of nitrogens with two attached hydrogens (primary N) is 2. The molecule has 50 heavy (non-hydrogen) atoms. The summed E-state index contributed by atoms with van der Waals surface area (Å²) in [6.45, 7) is 0. The average molecular weight is 685 g/mol. The number of pyridine rings is 2. The number of benzene rings is 2. The van der Waals surface area contributed by atoms with E-state index in [1.54, 1.807) is 42.6 Å². The molecule has 0 radical (unpaired) electrons. The smallest absolute Gasteiger partial charge is 0.422 e. The zero-order chi connectivity index (χ0) is 35.2.